The lowest BCUT2D eigenvalue weighted by atomic mass is 10.1. The predicted molar refractivity (Wildman–Crippen MR) is 106 cm³/mol. The van der Waals surface area contributed by atoms with E-state index in [1.807, 2.05) is 13.0 Å². The van der Waals surface area contributed by atoms with Crippen LogP contribution in [-0.4, -0.2) is 31.5 Å². The van der Waals surface area contributed by atoms with E-state index in [2.05, 4.69) is 9.97 Å². The smallest absolute Gasteiger partial charge is 0.264 e. The van der Waals surface area contributed by atoms with Crippen LogP contribution in [-0.2, 0) is 10.0 Å². The number of sulfonamides is 1. The van der Waals surface area contributed by atoms with Crippen molar-refractivity contribution in [3.05, 3.63) is 54.0 Å². The van der Waals surface area contributed by atoms with Crippen LogP contribution < -0.4 is 9.04 Å². The maximum absolute atomic E-state index is 13.4. The number of benzene rings is 2. The summed E-state index contributed by atoms with van der Waals surface area (Å²) in [6, 6.07) is 10.4. The molecule has 7 nitrogen and oxygen atoms in total. The minimum absolute atomic E-state index is 0.231. The zero-order valence-corrected chi connectivity index (χ0v) is 16.5. The minimum Gasteiger partial charge on any atom is -0.489 e. The maximum Gasteiger partial charge on any atom is 0.264 e. The fourth-order valence-electron chi connectivity index (χ4n) is 3.26. The topological polar surface area (TPSA) is 85.5 Å². The molecule has 4 aromatic rings. The van der Waals surface area contributed by atoms with E-state index in [1.165, 1.54) is 22.0 Å². The third-order valence-electron chi connectivity index (χ3n) is 4.55. The van der Waals surface area contributed by atoms with Gasteiger partial charge < -0.3 is 9.15 Å². The van der Waals surface area contributed by atoms with Gasteiger partial charge in [-0.05, 0) is 43.3 Å². The van der Waals surface area contributed by atoms with E-state index < -0.39 is 10.0 Å². The quantitative estimate of drug-likeness (QED) is 0.507. The molecule has 9 heteroatoms. The fraction of sp³-hybridized carbons (Fsp3) is 0.158. The average molecular weight is 413 g/mol. The molecule has 0 saturated carbocycles. The van der Waals surface area contributed by atoms with Crippen LogP contribution in [0.25, 0.3) is 21.5 Å². The van der Waals surface area contributed by atoms with Gasteiger partial charge in [0.05, 0.1) is 38.5 Å². The Morgan fingerprint density at radius 2 is 2.07 bits per heavy atom. The summed E-state index contributed by atoms with van der Waals surface area (Å²) in [6.45, 7) is 2.42. The Labute approximate surface area is 165 Å². The summed E-state index contributed by atoms with van der Waals surface area (Å²) in [4.78, 5) is 8.56. The Bertz CT molecular complexity index is 1280. The van der Waals surface area contributed by atoms with Crippen molar-refractivity contribution in [1.29, 1.82) is 0 Å². The second kappa shape index (κ2) is 6.32. The molecule has 2 aromatic carbocycles. The maximum atomic E-state index is 13.4. The van der Waals surface area contributed by atoms with E-state index in [0.717, 1.165) is 20.8 Å². The van der Waals surface area contributed by atoms with Gasteiger partial charge in [0, 0.05) is 5.56 Å². The summed E-state index contributed by atoms with van der Waals surface area (Å²) in [5.74, 6) is 1.08. The molecule has 0 bridgehead atoms. The molecule has 142 valence electrons. The summed E-state index contributed by atoms with van der Waals surface area (Å²) in [7, 11) is -3.76. The van der Waals surface area contributed by atoms with Gasteiger partial charge in [0.15, 0.2) is 12.2 Å². The highest BCUT2D eigenvalue weighted by Gasteiger charge is 2.31. The first-order chi connectivity index (χ1) is 13.5. The number of ether oxygens (including phenoxy) is 1. The summed E-state index contributed by atoms with van der Waals surface area (Å²) >= 11 is 1.48. The zero-order chi connectivity index (χ0) is 19.3. The molecule has 1 aliphatic heterocycles. The van der Waals surface area contributed by atoms with Crippen molar-refractivity contribution in [3.63, 3.8) is 0 Å². The Hall–Kier alpha value is -2.91. The molecule has 0 saturated heterocycles. The summed E-state index contributed by atoms with van der Waals surface area (Å²) < 4.78 is 40.1. The first-order valence-electron chi connectivity index (χ1n) is 8.58. The summed E-state index contributed by atoms with van der Waals surface area (Å²) in [5.41, 5.74) is 2.02. The van der Waals surface area contributed by atoms with E-state index in [0.29, 0.717) is 17.2 Å². The Morgan fingerprint density at radius 3 is 2.89 bits per heavy atom. The highest BCUT2D eigenvalue weighted by atomic mass is 32.2. The lowest BCUT2D eigenvalue weighted by molar-refractivity contribution is 0.316. The highest BCUT2D eigenvalue weighted by molar-refractivity contribution is 7.92. The normalized spacial score (nSPS) is 14.1. The second-order valence-corrected chi connectivity index (χ2v) is 9.43. The third kappa shape index (κ3) is 2.74. The molecule has 28 heavy (non-hydrogen) atoms. The molecule has 0 N–H and O–H groups in total. The summed E-state index contributed by atoms with van der Waals surface area (Å²) in [5, 5.41) is 0.901. The van der Waals surface area contributed by atoms with Crippen molar-refractivity contribution in [1.82, 2.24) is 9.97 Å². The van der Waals surface area contributed by atoms with Crippen molar-refractivity contribution in [3.8, 4) is 17.1 Å². The number of anilines is 1. The van der Waals surface area contributed by atoms with E-state index in [-0.39, 0.29) is 18.0 Å². The van der Waals surface area contributed by atoms with Crippen LogP contribution in [0.4, 0.5) is 5.69 Å². The number of thiazole rings is 1. The Kier molecular flexibility index (Phi) is 3.88. The molecule has 0 fully saturated rings. The first kappa shape index (κ1) is 17.2. The molecule has 0 radical (unpaired) electrons. The van der Waals surface area contributed by atoms with Gasteiger partial charge in [0.2, 0.25) is 0 Å². The van der Waals surface area contributed by atoms with E-state index in [9.17, 15) is 8.42 Å². The van der Waals surface area contributed by atoms with Crippen LogP contribution in [0.2, 0.25) is 0 Å². The molecule has 0 atom stereocenters. The number of aryl methyl sites for hydroxylation is 1. The van der Waals surface area contributed by atoms with E-state index in [1.54, 1.807) is 36.5 Å². The van der Waals surface area contributed by atoms with Gasteiger partial charge in [0.1, 0.15) is 12.4 Å². The Balaban J connectivity index is 1.61. The number of oxazole rings is 1. The van der Waals surface area contributed by atoms with Gasteiger partial charge in [-0.1, -0.05) is 0 Å². The van der Waals surface area contributed by atoms with Crippen molar-refractivity contribution in [2.75, 3.05) is 17.5 Å². The van der Waals surface area contributed by atoms with Gasteiger partial charge in [-0.2, -0.15) is 0 Å². The van der Waals surface area contributed by atoms with Crippen LogP contribution in [0.1, 0.15) is 5.01 Å². The van der Waals surface area contributed by atoms with Gasteiger partial charge in [-0.25, -0.2) is 18.4 Å². The standard InChI is InChI=1S/C19H15N3O4S2/c1-12-21-15-4-3-14(9-19(15)27-12)28(23,24)22-6-7-25-17-5-2-13(8-16(17)22)18-10-20-11-26-18/h2-5,8-11H,6-7H2,1H3. The largest absolute Gasteiger partial charge is 0.489 e. The van der Waals surface area contributed by atoms with Gasteiger partial charge in [0.25, 0.3) is 10.0 Å². The van der Waals surface area contributed by atoms with Crippen molar-refractivity contribution in [2.24, 2.45) is 0 Å². The van der Waals surface area contributed by atoms with Crippen LogP contribution in [0.5, 0.6) is 5.75 Å². The first-order valence-corrected chi connectivity index (χ1v) is 10.8. The Morgan fingerprint density at radius 1 is 1.18 bits per heavy atom. The lowest BCUT2D eigenvalue weighted by Crippen LogP contribution is -2.37. The highest BCUT2D eigenvalue weighted by Crippen LogP contribution is 2.39. The van der Waals surface area contributed by atoms with E-state index >= 15 is 0 Å². The number of hydrogen-bond donors (Lipinski definition) is 0. The number of hydrogen-bond acceptors (Lipinski definition) is 7. The van der Waals surface area contributed by atoms with Crippen molar-refractivity contribution in [2.45, 2.75) is 11.8 Å². The monoisotopic (exact) mass is 413 g/mol. The predicted octanol–water partition coefficient (Wildman–Crippen LogP) is 3.85. The number of fused-ring (bicyclic) bond motifs is 2. The van der Waals surface area contributed by atoms with Crippen LogP contribution in [0.15, 0.2) is 58.3 Å². The average Bonchev–Trinajstić information content (AvgIpc) is 3.35. The molecule has 0 unspecified atom stereocenters. The lowest BCUT2D eigenvalue weighted by Gasteiger charge is -2.30. The molecule has 0 amide bonds. The van der Waals surface area contributed by atoms with Crippen LogP contribution in [0.3, 0.4) is 0 Å². The van der Waals surface area contributed by atoms with E-state index in [4.69, 9.17) is 9.15 Å². The van der Waals surface area contributed by atoms with Crippen molar-refractivity contribution < 1.29 is 17.6 Å². The van der Waals surface area contributed by atoms with Gasteiger partial charge in [-0.15, -0.1) is 11.3 Å². The van der Waals surface area contributed by atoms with Gasteiger partial charge >= 0.3 is 0 Å². The number of aromatic nitrogens is 2. The number of nitrogens with zero attached hydrogens (tertiary/aromatic N) is 3. The molecular weight excluding hydrogens is 398 g/mol. The molecule has 1 aliphatic rings. The van der Waals surface area contributed by atoms with Gasteiger partial charge in [-0.3, -0.25) is 4.31 Å². The van der Waals surface area contributed by atoms with Crippen molar-refractivity contribution >= 4 is 37.3 Å². The number of rotatable bonds is 3. The molecule has 3 heterocycles. The molecule has 5 rings (SSSR count). The molecule has 0 aliphatic carbocycles. The fourth-order valence-corrected chi connectivity index (χ4v) is 5.68. The molecular formula is C19H15N3O4S2. The molecule has 0 spiro atoms. The molecule has 2 aromatic heterocycles. The minimum atomic E-state index is -3.76. The summed E-state index contributed by atoms with van der Waals surface area (Å²) in [6.07, 6.45) is 2.93. The second-order valence-electron chi connectivity index (χ2n) is 6.34. The van der Waals surface area contributed by atoms with Crippen LogP contribution >= 0.6 is 11.3 Å². The SMILES string of the molecule is Cc1nc2ccc(S(=O)(=O)N3CCOc4ccc(-c5cnco5)cc43)cc2s1. The zero-order valence-electron chi connectivity index (χ0n) is 14.8. The van der Waals surface area contributed by atoms with Crippen LogP contribution in [0, 0.1) is 6.92 Å². The third-order valence-corrected chi connectivity index (χ3v) is 7.29.